The highest BCUT2D eigenvalue weighted by Gasteiger charge is 2.88. The lowest BCUT2D eigenvalue weighted by Crippen LogP contribution is -2.86. The van der Waals surface area contributed by atoms with Crippen LogP contribution in [-0.4, -0.2) is 108 Å². The molecule has 4 bridgehead atoms. The van der Waals surface area contributed by atoms with E-state index in [2.05, 4.69) is 11.9 Å². The van der Waals surface area contributed by atoms with Crippen LogP contribution in [0.5, 0.6) is 0 Å². The molecule has 7 aliphatic rings. The first kappa shape index (κ1) is 33.6. The van der Waals surface area contributed by atoms with Gasteiger partial charge in [-0.1, -0.05) is 20.4 Å². The van der Waals surface area contributed by atoms with Crippen LogP contribution in [0.15, 0.2) is 17.4 Å². The largest absolute Gasteiger partial charge is 0.569 e. The summed E-state index contributed by atoms with van der Waals surface area (Å²) in [6, 6.07) is 0. The highest BCUT2D eigenvalue weighted by Crippen LogP contribution is 2.77. The van der Waals surface area contributed by atoms with Crippen LogP contribution in [0.4, 0.5) is 0 Å². The molecule has 0 unspecified atom stereocenters. The zero-order valence-electron chi connectivity index (χ0n) is 26.9. The summed E-state index contributed by atoms with van der Waals surface area (Å²) < 4.78 is 28.0. The lowest BCUT2D eigenvalue weighted by Gasteiger charge is -2.74. The molecule has 3 aliphatic heterocycles. The van der Waals surface area contributed by atoms with Crippen LogP contribution < -0.4 is 0 Å². The van der Waals surface area contributed by atoms with Crippen molar-refractivity contribution in [3.05, 3.63) is 17.4 Å². The summed E-state index contributed by atoms with van der Waals surface area (Å²) in [5.41, 5.74) is -3.30. The molecule has 0 radical (unpaired) electrons. The van der Waals surface area contributed by atoms with E-state index in [0.717, 1.165) is 0 Å². The lowest BCUT2D eigenvalue weighted by molar-refractivity contribution is -0.715. The number of carbonyl (C=O) groups is 4. The number of ether oxygens (including phenoxy) is 5. The summed E-state index contributed by atoms with van der Waals surface area (Å²) in [5, 5.41) is 40.9. The molecular weight excluding hydrogens is 622 g/mol. The number of fused-ring (bicyclic) bond motifs is 2. The van der Waals surface area contributed by atoms with Gasteiger partial charge in [0.05, 0.1) is 37.6 Å². The molecule has 4 aliphatic carbocycles. The number of hydrogen-bond donors (Lipinski definition) is 2. The van der Waals surface area contributed by atoms with Gasteiger partial charge >= 0.3 is 17.9 Å². The average Bonchev–Trinajstić information content (AvgIpc) is 3.14. The maximum absolute atomic E-state index is 14.3. The zero-order valence-corrected chi connectivity index (χ0v) is 26.9. The molecule has 2 spiro atoms. The Hall–Kier alpha value is -3.34. The van der Waals surface area contributed by atoms with Gasteiger partial charge in [0.15, 0.2) is 5.78 Å². The molecule has 0 aromatic rings. The summed E-state index contributed by atoms with van der Waals surface area (Å²) in [6.45, 7) is 9.97. The third-order valence-corrected chi connectivity index (χ3v) is 11.5. The van der Waals surface area contributed by atoms with Crippen molar-refractivity contribution in [2.75, 3.05) is 39.7 Å². The van der Waals surface area contributed by atoms with E-state index >= 15 is 0 Å². The molecule has 0 amide bonds. The molecular formula is C31H43N3O13. The van der Waals surface area contributed by atoms with Crippen LogP contribution in [0.25, 0.3) is 0 Å². The molecule has 16 heteroatoms. The lowest BCUT2D eigenvalue weighted by atomic mass is 9.35. The highest BCUT2D eigenvalue weighted by atomic mass is 16.8. The first-order chi connectivity index (χ1) is 22.2. The predicted molar refractivity (Wildman–Crippen MR) is 154 cm³/mol. The Bertz CT molecular complexity index is 1360. The van der Waals surface area contributed by atoms with Crippen molar-refractivity contribution in [3.8, 4) is 0 Å². The van der Waals surface area contributed by atoms with Crippen molar-refractivity contribution >= 4 is 23.7 Å². The molecule has 260 valence electrons. The summed E-state index contributed by atoms with van der Waals surface area (Å²) in [4.78, 5) is 57.2. The summed E-state index contributed by atoms with van der Waals surface area (Å²) in [7, 11) is 0. The van der Waals surface area contributed by atoms with E-state index in [9.17, 15) is 34.6 Å². The van der Waals surface area contributed by atoms with Crippen molar-refractivity contribution in [2.45, 2.75) is 83.4 Å². The number of nitrogens with zero attached hydrogens (tertiary/aromatic N) is 3. The van der Waals surface area contributed by atoms with E-state index in [1.54, 1.807) is 0 Å². The molecule has 2 N–H and O–H groups in total. The van der Waals surface area contributed by atoms with Crippen molar-refractivity contribution in [1.82, 2.24) is 5.01 Å². The average molecular weight is 666 g/mol. The second-order valence-electron chi connectivity index (χ2n) is 14.2. The molecule has 9 atom stereocenters. The van der Waals surface area contributed by atoms with E-state index < -0.39 is 101 Å². The van der Waals surface area contributed by atoms with Gasteiger partial charge in [-0.2, -0.15) is 0 Å². The summed E-state index contributed by atoms with van der Waals surface area (Å²) in [5.74, 6) is -7.04. The fourth-order valence-electron chi connectivity index (χ4n) is 9.80. The van der Waals surface area contributed by atoms with Gasteiger partial charge in [-0.15, -0.1) is 5.01 Å². The number of esters is 3. The van der Waals surface area contributed by atoms with Crippen LogP contribution in [0.3, 0.4) is 0 Å². The van der Waals surface area contributed by atoms with Gasteiger partial charge in [0.25, 0.3) is 6.79 Å². The molecule has 16 nitrogen and oxygen atoms in total. The Labute approximate surface area is 271 Å². The molecule has 47 heavy (non-hydrogen) atoms. The highest BCUT2D eigenvalue weighted by molar-refractivity contribution is 6.05. The van der Waals surface area contributed by atoms with E-state index in [4.69, 9.17) is 28.5 Å². The number of hydrazine groups is 1. The maximum atomic E-state index is 14.3. The summed E-state index contributed by atoms with van der Waals surface area (Å²) in [6.07, 6.45) is -2.45. The van der Waals surface area contributed by atoms with Gasteiger partial charge < -0.3 is 43.9 Å². The van der Waals surface area contributed by atoms with Crippen LogP contribution >= 0.6 is 0 Å². The summed E-state index contributed by atoms with van der Waals surface area (Å²) >= 11 is 0. The topological polar surface area (TPSA) is 206 Å². The van der Waals surface area contributed by atoms with Gasteiger partial charge in [0.2, 0.25) is 11.1 Å². The zero-order chi connectivity index (χ0) is 33.9. The van der Waals surface area contributed by atoms with Crippen molar-refractivity contribution in [1.29, 1.82) is 0 Å². The minimum atomic E-state index is -2.41. The van der Waals surface area contributed by atoms with Gasteiger partial charge in [-0.05, 0) is 42.6 Å². The Balaban J connectivity index is 1.19. The molecule has 3 saturated heterocycles. The van der Waals surface area contributed by atoms with Crippen molar-refractivity contribution in [3.63, 3.8) is 0 Å². The monoisotopic (exact) mass is 665 g/mol. The van der Waals surface area contributed by atoms with Crippen LogP contribution in [-0.2, 0) is 47.7 Å². The normalized spacial score (nSPS) is 40.3. The number of carbonyl (C=O) groups excluding carboxylic acids is 4. The first-order valence-corrected chi connectivity index (χ1v) is 16.1. The molecule has 4 saturated carbocycles. The third kappa shape index (κ3) is 4.93. The van der Waals surface area contributed by atoms with Gasteiger partial charge in [0, 0.05) is 24.2 Å². The SMILES string of the molecule is C=C1C(=O)[C@]23[C@H](OC(=O)CCC(=O)OCO/N=[N+](\[O-])N4CCOCC4)[C@H]1CC[C@H]2[C@@]12CO[C@@]3(O)[C@@H](O)[C@@H]1C(C)(C)CC[C@@H]2OC(C)=O. The number of rotatable bonds is 9. The number of hydrogen-bond acceptors (Lipinski definition) is 14. The molecule has 0 aromatic heterocycles. The number of aliphatic hydroxyl groups is 2. The Morgan fingerprint density at radius 3 is 2.53 bits per heavy atom. The predicted octanol–water partition coefficient (Wildman–Crippen LogP) is 0.920. The van der Waals surface area contributed by atoms with Crippen LogP contribution in [0, 0.1) is 39.2 Å². The van der Waals surface area contributed by atoms with E-state index in [-0.39, 0.29) is 17.1 Å². The minimum absolute atomic E-state index is 0.0547. The fraction of sp³-hybridized carbons (Fsp3) is 0.806. The van der Waals surface area contributed by atoms with Crippen molar-refractivity contribution < 1.29 is 62.9 Å². The number of Topliss-reactive ketones (excluding diaryl/α,β-unsaturated/α-hetero) is 1. The van der Waals surface area contributed by atoms with Gasteiger partial charge in [-0.25, -0.2) is 0 Å². The van der Waals surface area contributed by atoms with E-state index in [1.807, 2.05) is 13.8 Å². The standard InChI is InChI=1S/C31H43N3O13/c1-17-19-5-6-20-29-15-44-31(40,26(39)24(29)28(3,4)10-9-21(29)46-18(2)35)30(20,25(17)38)27(19)47-23(37)8-7-22(36)43-16-45-32-34(41)33-11-13-42-14-12-33/h19-21,24,26-27,39-40H,1,5-16H2,2-4H3/b34-32-/t19-,20-,21-,24+,26-,27+,29+,30-,31-/m0/s1. The fourth-order valence-corrected chi connectivity index (χ4v) is 9.80. The quantitative estimate of drug-likeness (QED) is 0.0514. The molecule has 7 fully saturated rings. The molecule has 3 heterocycles. The first-order valence-electron chi connectivity index (χ1n) is 16.1. The Morgan fingerprint density at radius 1 is 1.13 bits per heavy atom. The van der Waals surface area contributed by atoms with Gasteiger partial charge in [0.1, 0.15) is 36.8 Å². The van der Waals surface area contributed by atoms with Crippen LogP contribution in [0.1, 0.15) is 59.3 Å². The number of ketones is 1. The Morgan fingerprint density at radius 2 is 1.83 bits per heavy atom. The third-order valence-electron chi connectivity index (χ3n) is 11.5. The van der Waals surface area contributed by atoms with E-state index in [0.29, 0.717) is 52.0 Å². The second kappa shape index (κ2) is 12.0. The maximum Gasteiger partial charge on any atom is 0.309 e. The van der Waals surface area contributed by atoms with E-state index in [1.165, 1.54) is 11.9 Å². The molecule has 7 rings (SSSR count). The smallest absolute Gasteiger partial charge is 0.309 e. The minimum Gasteiger partial charge on any atom is -0.569 e. The molecule has 0 aromatic carbocycles. The number of morpholine rings is 1. The van der Waals surface area contributed by atoms with Crippen molar-refractivity contribution in [2.24, 2.45) is 39.3 Å². The second-order valence-corrected chi connectivity index (χ2v) is 14.2. The Kier molecular flexibility index (Phi) is 8.54. The van der Waals surface area contributed by atoms with Gasteiger partial charge in [-0.3, -0.25) is 19.2 Å². The van der Waals surface area contributed by atoms with Crippen LogP contribution in [0.2, 0.25) is 0 Å². The number of aliphatic hydroxyl groups excluding tert-OH is 1.